The van der Waals surface area contributed by atoms with Crippen molar-refractivity contribution in [2.45, 2.75) is 0 Å². The van der Waals surface area contributed by atoms with Crippen molar-refractivity contribution in [1.82, 2.24) is 4.57 Å². The zero-order valence-electron chi connectivity index (χ0n) is 30.8. The Morgan fingerprint density at radius 1 is 0.286 bits per heavy atom. The molecule has 10 aromatic rings. The van der Waals surface area contributed by atoms with E-state index in [1.165, 1.54) is 49.7 Å². The van der Waals surface area contributed by atoms with Crippen LogP contribution >= 0.6 is 0 Å². The van der Waals surface area contributed by atoms with E-state index in [1.807, 2.05) is 0 Å². The topological polar surface area (TPSA) is 8.17 Å². The molecule has 0 saturated carbocycles. The molecule has 2 heteroatoms. The second-order valence-electron chi connectivity index (χ2n) is 14.1. The van der Waals surface area contributed by atoms with Crippen molar-refractivity contribution in [2.24, 2.45) is 0 Å². The molecular formula is C54H38N2. The molecule has 0 saturated heterocycles. The second-order valence-corrected chi connectivity index (χ2v) is 14.1. The predicted octanol–water partition coefficient (Wildman–Crippen LogP) is 14.9. The zero-order valence-corrected chi connectivity index (χ0v) is 30.8. The molecule has 0 atom stereocenters. The SMILES string of the molecule is c1ccc(-c2ccc(-c3ccc(N(c4ccccc4)c4ccc5c6ccccc6n(-c6ccccc6-c6ccccc6)c5c4)c(-c4ccccc4)c3)cc2)cc1. The van der Waals surface area contributed by atoms with Crippen LogP contribution in [0.2, 0.25) is 0 Å². The molecule has 0 N–H and O–H groups in total. The number of hydrogen-bond donors (Lipinski definition) is 0. The van der Waals surface area contributed by atoms with E-state index in [4.69, 9.17) is 0 Å². The first-order valence-electron chi connectivity index (χ1n) is 19.2. The van der Waals surface area contributed by atoms with E-state index in [1.54, 1.807) is 0 Å². The van der Waals surface area contributed by atoms with Crippen molar-refractivity contribution in [3.8, 4) is 50.2 Å². The molecule has 10 rings (SSSR count). The molecule has 0 aliphatic rings. The lowest BCUT2D eigenvalue weighted by atomic mass is 9.95. The molecule has 0 bridgehead atoms. The summed E-state index contributed by atoms with van der Waals surface area (Å²) in [6, 6.07) is 83.1. The van der Waals surface area contributed by atoms with Gasteiger partial charge in [0.2, 0.25) is 0 Å². The maximum absolute atomic E-state index is 2.44. The van der Waals surface area contributed by atoms with Gasteiger partial charge in [0.25, 0.3) is 0 Å². The number of rotatable bonds is 8. The number of hydrogen-bond acceptors (Lipinski definition) is 1. The van der Waals surface area contributed by atoms with Crippen LogP contribution in [0.1, 0.15) is 0 Å². The predicted molar refractivity (Wildman–Crippen MR) is 237 cm³/mol. The summed E-state index contributed by atoms with van der Waals surface area (Å²) in [6.45, 7) is 0. The highest BCUT2D eigenvalue weighted by Gasteiger charge is 2.21. The van der Waals surface area contributed by atoms with Gasteiger partial charge in [0.05, 0.1) is 22.4 Å². The molecule has 9 aromatic carbocycles. The van der Waals surface area contributed by atoms with Crippen molar-refractivity contribution >= 4 is 38.9 Å². The van der Waals surface area contributed by atoms with Crippen LogP contribution in [0.4, 0.5) is 17.1 Å². The highest BCUT2D eigenvalue weighted by Crippen LogP contribution is 2.45. The van der Waals surface area contributed by atoms with E-state index >= 15 is 0 Å². The molecule has 2 nitrogen and oxygen atoms in total. The smallest absolute Gasteiger partial charge is 0.0562 e. The minimum absolute atomic E-state index is 1.09. The van der Waals surface area contributed by atoms with Gasteiger partial charge >= 0.3 is 0 Å². The number of benzene rings is 9. The Hall–Kier alpha value is -7.42. The van der Waals surface area contributed by atoms with Gasteiger partial charge in [-0.25, -0.2) is 0 Å². The summed E-state index contributed by atoms with van der Waals surface area (Å²) >= 11 is 0. The molecule has 0 radical (unpaired) electrons. The monoisotopic (exact) mass is 714 g/mol. The van der Waals surface area contributed by atoms with Crippen LogP contribution in [-0.4, -0.2) is 4.57 Å². The first kappa shape index (κ1) is 33.2. The third kappa shape index (κ3) is 6.04. The lowest BCUT2D eigenvalue weighted by Gasteiger charge is -2.28. The standard InChI is InChI=1S/C54H38N2/c1-5-17-39(18-6-1)40-29-31-41(32-30-40)44-33-36-53(50(37-44)43-21-9-3-10-22-43)55(45-23-11-4-12-24-45)46-34-35-49-48-26-14-16-28-52(48)56(54(49)38-46)51-27-15-13-25-47(51)42-19-7-2-8-20-42/h1-38H. The molecule has 0 fully saturated rings. The highest BCUT2D eigenvalue weighted by atomic mass is 15.1. The first-order valence-corrected chi connectivity index (χ1v) is 19.2. The molecule has 0 aliphatic carbocycles. The molecule has 0 unspecified atom stereocenters. The van der Waals surface area contributed by atoms with E-state index < -0.39 is 0 Å². The van der Waals surface area contributed by atoms with Crippen LogP contribution in [-0.2, 0) is 0 Å². The third-order valence-corrected chi connectivity index (χ3v) is 10.8. The normalized spacial score (nSPS) is 11.2. The Labute approximate surface area is 327 Å². The minimum Gasteiger partial charge on any atom is -0.310 e. The van der Waals surface area contributed by atoms with Crippen LogP contribution in [0, 0.1) is 0 Å². The highest BCUT2D eigenvalue weighted by molar-refractivity contribution is 6.11. The summed E-state index contributed by atoms with van der Waals surface area (Å²) in [5.74, 6) is 0. The first-order chi connectivity index (χ1) is 27.8. The Morgan fingerprint density at radius 3 is 1.48 bits per heavy atom. The van der Waals surface area contributed by atoms with Gasteiger partial charge in [0.15, 0.2) is 0 Å². The average molecular weight is 715 g/mol. The number of nitrogens with zero attached hydrogens (tertiary/aromatic N) is 2. The average Bonchev–Trinajstić information content (AvgIpc) is 3.61. The fraction of sp³-hybridized carbons (Fsp3) is 0. The number of anilines is 3. The lowest BCUT2D eigenvalue weighted by Crippen LogP contribution is -2.11. The molecule has 264 valence electrons. The molecular weight excluding hydrogens is 677 g/mol. The van der Waals surface area contributed by atoms with E-state index in [2.05, 4.69) is 240 Å². The minimum atomic E-state index is 1.09. The zero-order chi connectivity index (χ0) is 37.3. The van der Waals surface area contributed by atoms with Gasteiger partial charge < -0.3 is 9.47 Å². The summed E-state index contributed by atoms with van der Waals surface area (Å²) < 4.78 is 2.44. The fourth-order valence-corrected chi connectivity index (χ4v) is 8.14. The number of aromatic nitrogens is 1. The van der Waals surface area contributed by atoms with Gasteiger partial charge in [-0.1, -0.05) is 182 Å². The van der Waals surface area contributed by atoms with E-state index in [-0.39, 0.29) is 0 Å². The fourth-order valence-electron chi connectivity index (χ4n) is 8.14. The van der Waals surface area contributed by atoms with Crippen LogP contribution < -0.4 is 4.90 Å². The van der Waals surface area contributed by atoms with Crippen LogP contribution in [0.3, 0.4) is 0 Å². The lowest BCUT2D eigenvalue weighted by molar-refractivity contribution is 1.18. The van der Waals surface area contributed by atoms with Crippen LogP contribution in [0.25, 0.3) is 72.0 Å². The molecule has 1 heterocycles. The van der Waals surface area contributed by atoms with Crippen molar-refractivity contribution in [1.29, 1.82) is 0 Å². The Kier molecular flexibility index (Phi) is 8.55. The summed E-state index contributed by atoms with van der Waals surface area (Å²) in [7, 11) is 0. The Bertz CT molecular complexity index is 2930. The third-order valence-electron chi connectivity index (χ3n) is 10.8. The largest absolute Gasteiger partial charge is 0.310 e. The van der Waals surface area contributed by atoms with Crippen molar-refractivity contribution in [2.75, 3.05) is 4.90 Å². The number of fused-ring (bicyclic) bond motifs is 3. The van der Waals surface area contributed by atoms with Crippen molar-refractivity contribution < 1.29 is 0 Å². The summed E-state index contributed by atoms with van der Waals surface area (Å²) in [4.78, 5) is 2.41. The molecule has 0 amide bonds. The van der Waals surface area contributed by atoms with Gasteiger partial charge in [-0.05, 0) is 81.9 Å². The molecule has 1 aromatic heterocycles. The summed E-state index contributed by atoms with van der Waals surface area (Å²) in [5.41, 5.74) is 16.3. The Morgan fingerprint density at radius 2 is 0.786 bits per heavy atom. The van der Waals surface area contributed by atoms with E-state index in [0.29, 0.717) is 0 Å². The van der Waals surface area contributed by atoms with Crippen molar-refractivity contribution in [3.63, 3.8) is 0 Å². The maximum Gasteiger partial charge on any atom is 0.0562 e. The second kappa shape index (κ2) is 14.4. The van der Waals surface area contributed by atoms with Gasteiger partial charge in [0.1, 0.15) is 0 Å². The van der Waals surface area contributed by atoms with Crippen LogP contribution in [0.5, 0.6) is 0 Å². The van der Waals surface area contributed by atoms with Crippen LogP contribution in [0.15, 0.2) is 231 Å². The molecule has 56 heavy (non-hydrogen) atoms. The quantitative estimate of drug-likeness (QED) is 0.152. The summed E-state index contributed by atoms with van der Waals surface area (Å²) in [5, 5.41) is 2.45. The summed E-state index contributed by atoms with van der Waals surface area (Å²) in [6.07, 6.45) is 0. The van der Waals surface area contributed by atoms with Gasteiger partial charge in [0, 0.05) is 33.3 Å². The van der Waals surface area contributed by atoms with E-state index in [9.17, 15) is 0 Å². The van der Waals surface area contributed by atoms with Crippen molar-refractivity contribution in [3.05, 3.63) is 231 Å². The van der Waals surface area contributed by atoms with Gasteiger partial charge in [-0.2, -0.15) is 0 Å². The molecule has 0 spiro atoms. The number of para-hydroxylation sites is 3. The van der Waals surface area contributed by atoms with E-state index in [0.717, 1.165) is 39.4 Å². The molecule has 0 aliphatic heterocycles. The Balaban J connectivity index is 1.18. The maximum atomic E-state index is 2.44. The van der Waals surface area contributed by atoms with Gasteiger partial charge in [-0.15, -0.1) is 0 Å². The van der Waals surface area contributed by atoms with Gasteiger partial charge in [-0.3, -0.25) is 0 Å².